The predicted octanol–water partition coefficient (Wildman–Crippen LogP) is 3.97. The summed E-state index contributed by atoms with van der Waals surface area (Å²) in [7, 11) is 3.32. The summed E-state index contributed by atoms with van der Waals surface area (Å²) in [5, 5.41) is 3.36. The van der Waals surface area contributed by atoms with E-state index in [1.165, 1.54) is 5.56 Å². The Morgan fingerprint density at radius 2 is 1.97 bits per heavy atom. The molecular formula is C25H33N3O3. The molecule has 2 aliphatic rings. The number of nitrogens with one attached hydrogen (secondary N) is 1. The highest BCUT2D eigenvalue weighted by atomic mass is 16.5. The van der Waals surface area contributed by atoms with E-state index in [1.54, 1.807) is 14.2 Å². The monoisotopic (exact) mass is 423 g/mol. The van der Waals surface area contributed by atoms with Crippen molar-refractivity contribution in [2.45, 2.75) is 44.7 Å². The zero-order valence-electron chi connectivity index (χ0n) is 18.5. The molecule has 166 valence electrons. The molecule has 0 bridgehead atoms. The summed E-state index contributed by atoms with van der Waals surface area (Å²) in [5.74, 6) is 2.22. The smallest absolute Gasteiger partial charge is 0.223 e. The Kier molecular flexibility index (Phi) is 7.07. The van der Waals surface area contributed by atoms with Gasteiger partial charge in [0.1, 0.15) is 0 Å². The lowest BCUT2D eigenvalue weighted by atomic mass is 9.83. The number of amides is 1. The van der Waals surface area contributed by atoms with Crippen LogP contribution in [0, 0.1) is 11.8 Å². The molecule has 0 radical (unpaired) electrons. The van der Waals surface area contributed by atoms with Crippen LogP contribution < -0.4 is 14.8 Å². The summed E-state index contributed by atoms with van der Waals surface area (Å²) in [6.07, 6.45) is 7.21. The standard InChI is InChI=1S/C25H33N3O3/c1-30-22-12-11-18(15-23(22)31-2)16-28-14-6-9-20(17-28)24(21-10-3-4-13-26-21)27-25(29)19-7-5-8-19/h3-4,10-13,15,19-20,24H,5-9,14,16-17H2,1-2H3,(H,27,29)/t20-,24-/m1/s1. The van der Waals surface area contributed by atoms with Gasteiger partial charge in [0.2, 0.25) is 5.91 Å². The first kappa shape index (κ1) is 21.6. The van der Waals surface area contributed by atoms with Crippen LogP contribution in [0.25, 0.3) is 0 Å². The van der Waals surface area contributed by atoms with Crippen LogP contribution in [0.15, 0.2) is 42.6 Å². The number of hydrogen-bond donors (Lipinski definition) is 1. The van der Waals surface area contributed by atoms with E-state index < -0.39 is 0 Å². The van der Waals surface area contributed by atoms with E-state index in [0.29, 0.717) is 5.92 Å². The van der Waals surface area contributed by atoms with Gasteiger partial charge in [-0.3, -0.25) is 14.7 Å². The first-order chi connectivity index (χ1) is 15.2. The number of benzene rings is 1. The van der Waals surface area contributed by atoms with Gasteiger partial charge in [-0.05, 0) is 68.0 Å². The number of piperidine rings is 1. The number of nitrogens with zero attached hydrogens (tertiary/aromatic N) is 2. The van der Waals surface area contributed by atoms with Crippen LogP contribution in [0.1, 0.15) is 49.4 Å². The molecule has 6 heteroatoms. The molecule has 2 aromatic rings. The molecule has 1 aromatic heterocycles. The number of hydrogen-bond acceptors (Lipinski definition) is 5. The van der Waals surface area contributed by atoms with E-state index in [9.17, 15) is 4.79 Å². The fraction of sp³-hybridized carbons (Fsp3) is 0.520. The molecular weight excluding hydrogens is 390 g/mol. The van der Waals surface area contributed by atoms with Gasteiger partial charge < -0.3 is 14.8 Å². The quantitative estimate of drug-likeness (QED) is 0.696. The van der Waals surface area contributed by atoms with Gasteiger partial charge in [0.15, 0.2) is 11.5 Å². The minimum absolute atomic E-state index is 0.0393. The van der Waals surface area contributed by atoms with Crippen LogP contribution in [0.4, 0.5) is 0 Å². The summed E-state index contributed by atoms with van der Waals surface area (Å²) in [6.45, 7) is 2.83. The van der Waals surface area contributed by atoms with Crippen LogP contribution in [0.2, 0.25) is 0 Å². The number of aromatic nitrogens is 1. The van der Waals surface area contributed by atoms with Gasteiger partial charge in [0.05, 0.1) is 26.0 Å². The van der Waals surface area contributed by atoms with Gasteiger partial charge >= 0.3 is 0 Å². The highest BCUT2D eigenvalue weighted by Crippen LogP contribution is 2.33. The third-order valence-corrected chi connectivity index (χ3v) is 6.65. The fourth-order valence-electron chi connectivity index (χ4n) is 4.68. The maximum absolute atomic E-state index is 12.8. The summed E-state index contributed by atoms with van der Waals surface area (Å²) < 4.78 is 10.8. The van der Waals surface area contributed by atoms with Crippen LogP contribution in [0.5, 0.6) is 11.5 Å². The number of methoxy groups -OCH3 is 2. The molecule has 4 rings (SSSR count). The van der Waals surface area contributed by atoms with E-state index in [0.717, 1.165) is 68.9 Å². The van der Waals surface area contributed by atoms with E-state index in [-0.39, 0.29) is 17.9 Å². The number of rotatable bonds is 8. The van der Waals surface area contributed by atoms with Gasteiger partial charge in [-0.1, -0.05) is 18.6 Å². The van der Waals surface area contributed by atoms with E-state index in [1.807, 2.05) is 30.5 Å². The van der Waals surface area contributed by atoms with E-state index >= 15 is 0 Å². The van der Waals surface area contributed by atoms with Gasteiger partial charge in [-0.2, -0.15) is 0 Å². The summed E-state index contributed by atoms with van der Waals surface area (Å²) in [4.78, 5) is 19.8. The Bertz CT molecular complexity index is 870. The Morgan fingerprint density at radius 3 is 2.65 bits per heavy atom. The lowest BCUT2D eigenvalue weighted by Crippen LogP contribution is -2.45. The van der Waals surface area contributed by atoms with Crippen molar-refractivity contribution >= 4 is 5.91 Å². The average molecular weight is 424 g/mol. The molecule has 6 nitrogen and oxygen atoms in total. The van der Waals surface area contributed by atoms with Crippen LogP contribution in [-0.4, -0.2) is 43.1 Å². The minimum atomic E-state index is -0.0393. The van der Waals surface area contributed by atoms with Crippen molar-refractivity contribution in [2.75, 3.05) is 27.3 Å². The van der Waals surface area contributed by atoms with Crippen LogP contribution in [0.3, 0.4) is 0 Å². The highest BCUT2D eigenvalue weighted by Gasteiger charge is 2.33. The van der Waals surface area contributed by atoms with Crippen molar-refractivity contribution in [2.24, 2.45) is 11.8 Å². The number of pyridine rings is 1. The van der Waals surface area contributed by atoms with Gasteiger partial charge in [0, 0.05) is 25.2 Å². The molecule has 2 heterocycles. The second kappa shape index (κ2) is 10.1. The third-order valence-electron chi connectivity index (χ3n) is 6.65. The lowest BCUT2D eigenvalue weighted by molar-refractivity contribution is -0.128. The average Bonchev–Trinajstić information content (AvgIpc) is 2.77. The fourth-order valence-corrected chi connectivity index (χ4v) is 4.68. The number of likely N-dealkylation sites (tertiary alicyclic amines) is 1. The van der Waals surface area contributed by atoms with Gasteiger partial charge in [-0.15, -0.1) is 0 Å². The van der Waals surface area contributed by atoms with E-state index in [4.69, 9.17) is 9.47 Å². The highest BCUT2D eigenvalue weighted by molar-refractivity contribution is 5.79. The topological polar surface area (TPSA) is 63.7 Å². The van der Waals surface area contributed by atoms with Crippen molar-refractivity contribution in [1.29, 1.82) is 0 Å². The maximum Gasteiger partial charge on any atom is 0.223 e. The number of ether oxygens (including phenoxy) is 2. The first-order valence-electron chi connectivity index (χ1n) is 11.3. The van der Waals surface area contributed by atoms with Crippen molar-refractivity contribution in [3.8, 4) is 11.5 Å². The first-order valence-corrected chi connectivity index (χ1v) is 11.3. The molecule has 1 amide bonds. The molecule has 1 aliphatic heterocycles. The molecule has 1 N–H and O–H groups in total. The van der Waals surface area contributed by atoms with Crippen LogP contribution >= 0.6 is 0 Å². The van der Waals surface area contributed by atoms with Crippen molar-refractivity contribution in [1.82, 2.24) is 15.2 Å². The molecule has 1 saturated heterocycles. The van der Waals surface area contributed by atoms with Gasteiger partial charge in [0.25, 0.3) is 0 Å². The summed E-state index contributed by atoms with van der Waals surface area (Å²) in [5.41, 5.74) is 2.17. The summed E-state index contributed by atoms with van der Waals surface area (Å²) in [6, 6.07) is 12.1. The Morgan fingerprint density at radius 1 is 1.13 bits per heavy atom. The van der Waals surface area contributed by atoms with Crippen molar-refractivity contribution in [3.63, 3.8) is 0 Å². The number of carbonyl (C=O) groups is 1. The van der Waals surface area contributed by atoms with Gasteiger partial charge in [-0.25, -0.2) is 0 Å². The second-order valence-electron chi connectivity index (χ2n) is 8.70. The number of carbonyl (C=O) groups excluding carboxylic acids is 1. The molecule has 1 aliphatic carbocycles. The predicted molar refractivity (Wildman–Crippen MR) is 120 cm³/mol. The molecule has 1 saturated carbocycles. The minimum Gasteiger partial charge on any atom is -0.493 e. The normalized spacial score (nSPS) is 20.5. The van der Waals surface area contributed by atoms with Crippen molar-refractivity contribution < 1.29 is 14.3 Å². The molecule has 31 heavy (non-hydrogen) atoms. The largest absolute Gasteiger partial charge is 0.493 e. The zero-order valence-corrected chi connectivity index (χ0v) is 18.5. The molecule has 2 fully saturated rings. The zero-order chi connectivity index (χ0) is 21.6. The van der Waals surface area contributed by atoms with Crippen molar-refractivity contribution in [3.05, 3.63) is 53.9 Å². The molecule has 1 aromatic carbocycles. The second-order valence-corrected chi connectivity index (χ2v) is 8.70. The lowest BCUT2D eigenvalue weighted by Gasteiger charge is -2.38. The Balaban J connectivity index is 1.47. The summed E-state index contributed by atoms with van der Waals surface area (Å²) >= 11 is 0. The maximum atomic E-state index is 12.8. The Labute approximate surface area is 185 Å². The van der Waals surface area contributed by atoms with Crippen LogP contribution in [-0.2, 0) is 11.3 Å². The van der Waals surface area contributed by atoms with E-state index in [2.05, 4.69) is 27.3 Å². The molecule has 0 unspecified atom stereocenters. The Hall–Kier alpha value is -2.60. The molecule has 2 atom stereocenters. The SMILES string of the molecule is COc1ccc(CN2CCC[C@@H]([C@@H](NC(=O)C3CCC3)c3ccccn3)C2)cc1OC. The third kappa shape index (κ3) is 5.18. The molecule has 0 spiro atoms.